The third kappa shape index (κ3) is 3.53. The van der Waals surface area contributed by atoms with Gasteiger partial charge in [-0.1, -0.05) is 0 Å². The lowest BCUT2D eigenvalue weighted by Crippen LogP contribution is -2.34. The summed E-state index contributed by atoms with van der Waals surface area (Å²) < 4.78 is 17.9. The molecule has 1 unspecified atom stereocenters. The van der Waals surface area contributed by atoms with Gasteiger partial charge in [0, 0.05) is 0 Å². The molecule has 0 aliphatic carbocycles. The minimum atomic E-state index is -0.696. The van der Waals surface area contributed by atoms with Gasteiger partial charge in [0.2, 0.25) is 0 Å². The maximum Gasteiger partial charge on any atom is 0.323 e. The zero-order valence-electron chi connectivity index (χ0n) is 10.4. The van der Waals surface area contributed by atoms with Crippen molar-refractivity contribution in [3.8, 4) is 0 Å². The molecule has 1 aromatic carbocycles. The second-order valence-corrected chi connectivity index (χ2v) is 4.08. The van der Waals surface area contributed by atoms with E-state index in [9.17, 15) is 9.18 Å². The number of nitrogens with two attached hydrogens (primary N) is 1. The predicted molar refractivity (Wildman–Crippen MR) is 64.2 cm³/mol. The Balaban J connectivity index is 2.85. The van der Waals surface area contributed by atoms with Crippen molar-refractivity contribution in [2.45, 2.75) is 33.2 Å². The summed E-state index contributed by atoms with van der Waals surface area (Å²) in [6.45, 7) is 5.67. The molecule has 0 heterocycles. The van der Waals surface area contributed by atoms with Gasteiger partial charge in [-0.3, -0.25) is 4.79 Å². The fraction of sp³-hybridized carbons (Fsp3) is 0.462. The van der Waals surface area contributed by atoms with Gasteiger partial charge in [0.15, 0.2) is 0 Å². The molecule has 17 heavy (non-hydrogen) atoms. The third-order valence-electron chi connectivity index (χ3n) is 2.67. The van der Waals surface area contributed by atoms with E-state index in [2.05, 4.69) is 0 Å². The van der Waals surface area contributed by atoms with E-state index in [4.69, 9.17) is 10.5 Å². The predicted octanol–water partition coefficient (Wildman–Crippen LogP) is 1.88. The third-order valence-corrected chi connectivity index (χ3v) is 2.67. The molecule has 0 aromatic heterocycles. The second kappa shape index (κ2) is 5.77. The van der Waals surface area contributed by atoms with Crippen LogP contribution >= 0.6 is 0 Å². The Labute approximate surface area is 101 Å². The van der Waals surface area contributed by atoms with Gasteiger partial charge >= 0.3 is 5.97 Å². The standard InChI is InChI=1S/C13H18FNO2/c1-4-17-13(16)12(15)7-11-8(2)5-10(14)6-9(11)3/h5-6,12H,4,7,15H2,1-3H3. The SMILES string of the molecule is CCOC(=O)C(N)Cc1c(C)cc(F)cc1C. The minimum Gasteiger partial charge on any atom is -0.465 e. The fourth-order valence-corrected chi connectivity index (χ4v) is 1.82. The lowest BCUT2D eigenvalue weighted by Gasteiger charge is -2.14. The van der Waals surface area contributed by atoms with E-state index >= 15 is 0 Å². The van der Waals surface area contributed by atoms with E-state index in [1.165, 1.54) is 12.1 Å². The van der Waals surface area contributed by atoms with Crippen LogP contribution in [0, 0.1) is 19.7 Å². The van der Waals surface area contributed by atoms with Gasteiger partial charge in [0.1, 0.15) is 11.9 Å². The molecule has 0 aliphatic heterocycles. The maximum absolute atomic E-state index is 13.1. The van der Waals surface area contributed by atoms with Crippen LogP contribution in [-0.2, 0) is 16.0 Å². The van der Waals surface area contributed by atoms with Crippen molar-refractivity contribution in [3.05, 3.63) is 34.6 Å². The molecule has 4 heteroatoms. The molecule has 1 atom stereocenters. The van der Waals surface area contributed by atoms with Crippen LogP contribution in [0.2, 0.25) is 0 Å². The van der Waals surface area contributed by atoms with Gasteiger partial charge in [-0.05, 0) is 56.0 Å². The van der Waals surface area contributed by atoms with Crippen LogP contribution in [0.15, 0.2) is 12.1 Å². The lowest BCUT2D eigenvalue weighted by atomic mass is 9.96. The summed E-state index contributed by atoms with van der Waals surface area (Å²) in [7, 11) is 0. The molecule has 0 saturated heterocycles. The van der Waals surface area contributed by atoms with Gasteiger partial charge in [-0.25, -0.2) is 4.39 Å². The van der Waals surface area contributed by atoms with Gasteiger partial charge in [0.05, 0.1) is 6.61 Å². The molecular weight excluding hydrogens is 221 g/mol. The Bertz CT molecular complexity index is 395. The summed E-state index contributed by atoms with van der Waals surface area (Å²) in [6, 6.07) is 2.19. The van der Waals surface area contributed by atoms with E-state index in [1.807, 2.05) is 13.8 Å². The molecule has 0 bridgehead atoms. The topological polar surface area (TPSA) is 52.3 Å². The van der Waals surface area contributed by atoms with Crippen molar-refractivity contribution < 1.29 is 13.9 Å². The second-order valence-electron chi connectivity index (χ2n) is 4.08. The van der Waals surface area contributed by atoms with E-state index in [-0.39, 0.29) is 5.82 Å². The number of benzene rings is 1. The molecule has 3 nitrogen and oxygen atoms in total. The first-order valence-corrected chi connectivity index (χ1v) is 5.63. The van der Waals surface area contributed by atoms with Gasteiger partial charge < -0.3 is 10.5 Å². The number of hydrogen-bond donors (Lipinski definition) is 1. The first-order chi connectivity index (χ1) is 7.95. The van der Waals surface area contributed by atoms with Crippen LogP contribution in [0.3, 0.4) is 0 Å². The average Bonchev–Trinajstić information content (AvgIpc) is 2.23. The number of carbonyl (C=O) groups is 1. The number of hydrogen-bond acceptors (Lipinski definition) is 3. The quantitative estimate of drug-likeness (QED) is 0.816. The zero-order valence-corrected chi connectivity index (χ0v) is 10.4. The zero-order chi connectivity index (χ0) is 13.0. The summed E-state index contributed by atoms with van der Waals surface area (Å²) in [5, 5.41) is 0. The number of aryl methyl sites for hydroxylation is 2. The first kappa shape index (κ1) is 13.6. The minimum absolute atomic E-state index is 0.270. The number of carbonyl (C=O) groups excluding carboxylic acids is 1. The highest BCUT2D eigenvalue weighted by molar-refractivity contribution is 5.76. The number of esters is 1. The molecule has 0 saturated carbocycles. The summed E-state index contributed by atoms with van der Waals surface area (Å²) in [5.74, 6) is -0.691. The summed E-state index contributed by atoms with van der Waals surface area (Å²) in [5.41, 5.74) is 8.27. The van der Waals surface area contributed by atoms with Crippen molar-refractivity contribution in [2.24, 2.45) is 5.73 Å². The Kier molecular flexibility index (Phi) is 4.63. The largest absolute Gasteiger partial charge is 0.465 e. The average molecular weight is 239 g/mol. The molecule has 1 aromatic rings. The van der Waals surface area contributed by atoms with Crippen LogP contribution in [0.4, 0.5) is 4.39 Å². The molecule has 0 radical (unpaired) electrons. The van der Waals surface area contributed by atoms with E-state index in [0.29, 0.717) is 13.0 Å². The summed E-state index contributed by atoms with van der Waals surface area (Å²) in [4.78, 5) is 11.4. The van der Waals surface area contributed by atoms with Crippen LogP contribution in [0.25, 0.3) is 0 Å². The molecule has 0 amide bonds. The molecule has 0 fully saturated rings. The van der Waals surface area contributed by atoms with Gasteiger partial charge in [0.25, 0.3) is 0 Å². The highest BCUT2D eigenvalue weighted by atomic mass is 19.1. The number of rotatable bonds is 4. The van der Waals surface area contributed by atoms with Crippen molar-refractivity contribution in [1.29, 1.82) is 0 Å². The Hall–Kier alpha value is -1.42. The highest BCUT2D eigenvalue weighted by Crippen LogP contribution is 2.17. The van der Waals surface area contributed by atoms with Crippen LogP contribution in [-0.4, -0.2) is 18.6 Å². The Morgan fingerprint density at radius 2 is 1.94 bits per heavy atom. The summed E-state index contributed by atoms with van der Waals surface area (Å²) in [6.07, 6.45) is 0.372. The van der Waals surface area contributed by atoms with Crippen LogP contribution < -0.4 is 5.73 Å². The van der Waals surface area contributed by atoms with Crippen molar-refractivity contribution in [2.75, 3.05) is 6.61 Å². The van der Waals surface area contributed by atoms with Crippen LogP contribution in [0.1, 0.15) is 23.6 Å². The molecule has 1 rings (SSSR count). The van der Waals surface area contributed by atoms with E-state index in [0.717, 1.165) is 16.7 Å². The molecule has 94 valence electrons. The fourth-order valence-electron chi connectivity index (χ4n) is 1.82. The van der Waals surface area contributed by atoms with E-state index in [1.54, 1.807) is 6.92 Å². The Morgan fingerprint density at radius 1 is 1.41 bits per heavy atom. The molecule has 2 N–H and O–H groups in total. The van der Waals surface area contributed by atoms with Crippen molar-refractivity contribution in [1.82, 2.24) is 0 Å². The normalized spacial score (nSPS) is 12.3. The summed E-state index contributed by atoms with van der Waals surface area (Å²) >= 11 is 0. The van der Waals surface area contributed by atoms with Crippen molar-refractivity contribution in [3.63, 3.8) is 0 Å². The Morgan fingerprint density at radius 3 is 2.41 bits per heavy atom. The van der Waals surface area contributed by atoms with E-state index < -0.39 is 12.0 Å². The molecular formula is C13H18FNO2. The smallest absolute Gasteiger partial charge is 0.323 e. The molecule has 0 spiro atoms. The maximum atomic E-state index is 13.1. The monoisotopic (exact) mass is 239 g/mol. The van der Waals surface area contributed by atoms with Gasteiger partial charge in [-0.2, -0.15) is 0 Å². The highest BCUT2D eigenvalue weighted by Gasteiger charge is 2.17. The lowest BCUT2D eigenvalue weighted by molar-refractivity contribution is -0.144. The van der Waals surface area contributed by atoms with Gasteiger partial charge in [-0.15, -0.1) is 0 Å². The number of halogens is 1. The van der Waals surface area contributed by atoms with Crippen molar-refractivity contribution >= 4 is 5.97 Å². The number of ether oxygens (including phenoxy) is 1. The first-order valence-electron chi connectivity index (χ1n) is 5.63. The molecule has 0 aliphatic rings. The van der Waals surface area contributed by atoms with Crippen LogP contribution in [0.5, 0.6) is 0 Å².